The molecule has 2 aromatic rings. The maximum Gasteiger partial charge on any atom is 0.319 e. The molecule has 3 amide bonds. The van der Waals surface area contributed by atoms with E-state index in [0.29, 0.717) is 37.3 Å². The summed E-state index contributed by atoms with van der Waals surface area (Å²) in [5.74, 6) is -0.216. The molecule has 130 valence electrons. The van der Waals surface area contributed by atoms with Gasteiger partial charge in [-0.3, -0.25) is 4.79 Å². The van der Waals surface area contributed by atoms with Gasteiger partial charge in [0.05, 0.1) is 11.4 Å². The number of hydrogen-bond donors (Lipinski definition) is 2. The van der Waals surface area contributed by atoms with Crippen molar-refractivity contribution in [1.82, 2.24) is 5.32 Å². The monoisotopic (exact) mass is 341 g/mol. The smallest absolute Gasteiger partial charge is 0.319 e. The van der Waals surface area contributed by atoms with Crippen molar-refractivity contribution >= 4 is 23.3 Å². The molecule has 1 aliphatic heterocycles. The first kappa shape index (κ1) is 17.0. The molecule has 6 heteroatoms. The summed E-state index contributed by atoms with van der Waals surface area (Å²) in [5.41, 5.74) is 2.13. The van der Waals surface area contributed by atoms with Crippen LogP contribution in [0.1, 0.15) is 18.4 Å². The zero-order chi connectivity index (χ0) is 17.6. The van der Waals surface area contributed by atoms with Gasteiger partial charge in [-0.1, -0.05) is 24.3 Å². The van der Waals surface area contributed by atoms with Crippen molar-refractivity contribution in [3.05, 3.63) is 59.9 Å². The second kappa shape index (κ2) is 7.79. The molecule has 2 N–H and O–H groups in total. The van der Waals surface area contributed by atoms with Crippen molar-refractivity contribution < 1.29 is 14.0 Å². The number of nitrogens with one attached hydrogen (secondary N) is 2. The Hall–Kier alpha value is -2.89. The Morgan fingerprint density at radius 3 is 2.76 bits per heavy atom. The Labute approximate surface area is 145 Å². The van der Waals surface area contributed by atoms with Crippen LogP contribution in [-0.4, -0.2) is 25.0 Å². The van der Waals surface area contributed by atoms with Crippen LogP contribution in [-0.2, 0) is 11.2 Å². The van der Waals surface area contributed by atoms with Crippen LogP contribution in [0.25, 0.3) is 0 Å². The predicted octanol–water partition coefficient (Wildman–Crippen LogP) is 3.32. The van der Waals surface area contributed by atoms with Crippen LogP contribution in [0.2, 0.25) is 0 Å². The van der Waals surface area contributed by atoms with Gasteiger partial charge in [0.25, 0.3) is 0 Å². The van der Waals surface area contributed by atoms with Gasteiger partial charge in [-0.2, -0.15) is 0 Å². The minimum Gasteiger partial charge on any atom is -0.338 e. The maximum absolute atomic E-state index is 13.1. The van der Waals surface area contributed by atoms with Gasteiger partial charge in [0.2, 0.25) is 5.91 Å². The highest BCUT2D eigenvalue weighted by molar-refractivity contribution is 6.01. The molecular formula is C19H20FN3O2. The normalized spacial score (nSPS) is 13.8. The number of anilines is 2. The summed E-state index contributed by atoms with van der Waals surface area (Å²) >= 11 is 0. The Balaban J connectivity index is 1.57. The highest BCUT2D eigenvalue weighted by atomic mass is 19.1. The van der Waals surface area contributed by atoms with E-state index in [2.05, 4.69) is 10.6 Å². The summed E-state index contributed by atoms with van der Waals surface area (Å²) < 4.78 is 13.1. The fourth-order valence-corrected chi connectivity index (χ4v) is 2.90. The number of rotatable bonds is 5. The Morgan fingerprint density at radius 1 is 1.16 bits per heavy atom. The Morgan fingerprint density at radius 2 is 2.00 bits per heavy atom. The van der Waals surface area contributed by atoms with E-state index in [4.69, 9.17) is 0 Å². The van der Waals surface area contributed by atoms with E-state index in [0.717, 1.165) is 12.0 Å². The lowest BCUT2D eigenvalue weighted by atomic mass is 10.1. The maximum atomic E-state index is 13.1. The van der Waals surface area contributed by atoms with E-state index >= 15 is 0 Å². The Kier molecular flexibility index (Phi) is 5.28. The lowest BCUT2D eigenvalue weighted by Crippen LogP contribution is -2.32. The summed E-state index contributed by atoms with van der Waals surface area (Å²) in [6.45, 7) is 1.05. The van der Waals surface area contributed by atoms with E-state index in [1.807, 2.05) is 24.3 Å². The van der Waals surface area contributed by atoms with Gasteiger partial charge in [0.1, 0.15) is 5.82 Å². The average molecular weight is 341 g/mol. The highest BCUT2D eigenvalue weighted by Crippen LogP contribution is 2.29. The molecule has 1 fully saturated rings. The van der Waals surface area contributed by atoms with Crippen molar-refractivity contribution in [2.75, 3.05) is 23.3 Å². The fourth-order valence-electron chi connectivity index (χ4n) is 2.90. The summed E-state index contributed by atoms with van der Waals surface area (Å²) in [6, 6.07) is 13.2. The number of benzene rings is 2. The number of para-hydroxylation sites is 2. The average Bonchev–Trinajstić information content (AvgIpc) is 3.01. The van der Waals surface area contributed by atoms with Gasteiger partial charge >= 0.3 is 6.03 Å². The molecule has 0 radical (unpaired) electrons. The van der Waals surface area contributed by atoms with Gasteiger partial charge in [0, 0.05) is 19.5 Å². The second-order valence-electron chi connectivity index (χ2n) is 5.93. The zero-order valence-corrected chi connectivity index (χ0v) is 13.8. The summed E-state index contributed by atoms with van der Waals surface area (Å²) in [5, 5.41) is 5.54. The van der Waals surface area contributed by atoms with Crippen LogP contribution >= 0.6 is 0 Å². The first-order valence-electron chi connectivity index (χ1n) is 8.32. The van der Waals surface area contributed by atoms with Crippen LogP contribution < -0.4 is 15.5 Å². The molecule has 1 heterocycles. The number of amides is 3. The van der Waals surface area contributed by atoms with E-state index in [-0.39, 0.29) is 17.8 Å². The van der Waals surface area contributed by atoms with Gasteiger partial charge in [-0.15, -0.1) is 0 Å². The van der Waals surface area contributed by atoms with E-state index in [9.17, 15) is 14.0 Å². The van der Waals surface area contributed by atoms with Crippen molar-refractivity contribution in [2.24, 2.45) is 0 Å². The van der Waals surface area contributed by atoms with Crippen LogP contribution in [0.4, 0.5) is 20.6 Å². The van der Waals surface area contributed by atoms with Gasteiger partial charge < -0.3 is 15.5 Å². The zero-order valence-electron chi connectivity index (χ0n) is 13.8. The van der Waals surface area contributed by atoms with Crippen molar-refractivity contribution in [3.8, 4) is 0 Å². The molecule has 0 spiro atoms. The van der Waals surface area contributed by atoms with Gasteiger partial charge in [0.15, 0.2) is 0 Å². The molecule has 1 aliphatic rings. The summed E-state index contributed by atoms with van der Waals surface area (Å²) in [4.78, 5) is 25.8. The molecule has 5 nitrogen and oxygen atoms in total. The topological polar surface area (TPSA) is 61.4 Å². The van der Waals surface area contributed by atoms with Gasteiger partial charge in [-0.25, -0.2) is 9.18 Å². The first-order chi connectivity index (χ1) is 12.1. The van der Waals surface area contributed by atoms with Crippen LogP contribution in [0.5, 0.6) is 0 Å². The van der Waals surface area contributed by atoms with Crippen LogP contribution in [0.15, 0.2) is 48.5 Å². The van der Waals surface area contributed by atoms with E-state index in [1.165, 1.54) is 12.1 Å². The van der Waals surface area contributed by atoms with E-state index < -0.39 is 0 Å². The number of hydrogen-bond acceptors (Lipinski definition) is 2. The minimum atomic E-state index is -0.351. The molecule has 0 aromatic heterocycles. The number of carbonyl (C=O) groups is 2. The molecule has 1 saturated heterocycles. The highest BCUT2D eigenvalue weighted by Gasteiger charge is 2.24. The number of nitrogens with zero attached hydrogens (tertiary/aromatic N) is 1. The number of carbonyl (C=O) groups excluding carboxylic acids is 2. The lowest BCUT2D eigenvalue weighted by Gasteiger charge is -2.20. The molecule has 2 aromatic carbocycles. The van der Waals surface area contributed by atoms with Crippen molar-refractivity contribution in [2.45, 2.75) is 19.3 Å². The SMILES string of the molecule is O=C(NCCc1cccc(F)c1)Nc1ccccc1N1CCCC1=O. The third-order valence-corrected chi connectivity index (χ3v) is 4.10. The summed E-state index contributed by atoms with van der Waals surface area (Å²) in [6.07, 6.45) is 1.90. The van der Waals surface area contributed by atoms with Crippen molar-refractivity contribution in [1.29, 1.82) is 0 Å². The fraction of sp³-hybridized carbons (Fsp3) is 0.263. The van der Waals surface area contributed by atoms with E-state index in [1.54, 1.807) is 17.0 Å². The van der Waals surface area contributed by atoms with Crippen LogP contribution in [0, 0.1) is 5.82 Å². The second-order valence-corrected chi connectivity index (χ2v) is 5.93. The third kappa shape index (κ3) is 4.35. The predicted molar refractivity (Wildman–Crippen MR) is 95.2 cm³/mol. The molecule has 0 saturated carbocycles. The molecule has 0 bridgehead atoms. The lowest BCUT2D eigenvalue weighted by molar-refractivity contribution is -0.117. The van der Waals surface area contributed by atoms with Crippen LogP contribution in [0.3, 0.4) is 0 Å². The first-order valence-corrected chi connectivity index (χ1v) is 8.32. The molecule has 25 heavy (non-hydrogen) atoms. The summed E-state index contributed by atoms with van der Waals surface area (Å²) in [7, 11) is 0. The Bertz CT molecular complexity index is 779. The number of urea groups is 1. The molecule has 0 unspecified atom stereocenters. The van der Waals surface area contributed by atoms with Gasteiger partial charge in [-0.05, 0) is 42.7 Å². The minimum absolute atomic E-state index is 0.0702. The molecule has 3 rings (SSSR count). The molecule has 0 atom stereocenters. The largest absolute Gasteiger partial charge is 0.338 e. The number of halogens is 1. The standard InChI is InChI=1S/C19H20FN3O2/c20-15-6-3-5-14(13-15)10-11-21-19(25)22-16-7-1-2-8-17(16)23-12-4-9-18(23)24/h1-3,5-8,13H,4,9-12H2,(H2,21,22,25). The molecular weight excluding hydrogens is 321 g/mol. The third-order valence-electron chi connectivity index (χ3n) is 4.10. The van der Waals surface area contributed by atoms with Crippen molar-refractivity contribution in [3.63, 3.8) is 0 Å². The molecule has 0 aliphatic carbocycles. The quantitative estimate of drug-likeness (QED) is 0.876.